The van der Waals surface area contributed by atoms with E-state index in [1.54, 1.807) is 0 Å². The molecule has 1 heterocycles. The van der Waals surface area contributed by atoms with E-state index in [0.717, 1.165) is 33.1 Å². The average Bonchev–Trinajstić information content (AvgIpc) is 2.83. The number of rotatable bonds is 9. The molecular weight excluding hydrogens is 410 g/mol. The molecule has 0 saturated heterocycles. The highest BCUT2D eigenvalue weighted by Gasteiger charge is 2.12. The second kappa shape index (κ2) is 10.9. The molecule has 4 rings (SSSR count). The van der Waals surface area contributed by atoms with Crippen molar-refractivity contribution in [3.63, 3.8) is 0 Å². The Morgan fingerprint density at radius 1 is 0.839 bits per heavy atom. The first-order valence-corrected chi connectivity index (χ1v) is 11.2. The fourth-order valence-electron chi connectivity index (χ4n) is 3.13. The molecule has 0 atom stereocenters. The van der Waals surface area contributed by atoms with Gasteiger partial charge in [-0.1, -0.05) is 54.6 Å². The number of nitrogens with one attached hydrogen (secondary N) is 1. The SMILES string of the molecule is O=C(CSc1ccc2c(c1)OCCO2)NCc1ccc(COCc2ccccc2)cc1. The predicted molar refractivity (Wildman–Crippen MR) is 121 cm³/mol. The normalized spacial score (nSPS) is 12.4. The van der Waals surface area contributed by atoms with Crippen molar-refractivity contribution in [1.82, 2.24) is 5.32 Å². The van der Waals surface area contributed by atoms with Crippen molar-refractivity contribution < 1.29 is 19.0 Å². The standard InChI is InChI=1S/C25H25NO4S/c27-25(18-31-22-10-11-23-24(14-22)30-13-12-29-23)26-15-19-6-8-21(9-7-19)17-28-16-20-4-2-1-3-5-20/h1-11,14H,12-13,15-18H2,(H,26,27). The Hall–Kier alpha value is -2.96. The Bertz CT molecular complexity index is 992. The largest absolute Gasteiger partial charge is 0.486 e. The highest BCUT2D eigenvalue weighted by molar-refractivity contribution is 8.00. The van der Waals surface area contributed by atoms with Gasteiger partial charge in [0.2, 0.25) is 5.91 Å². The molecule has 0 aliphatic carbocycles. The summed E-state index contributed by atoms with van der Waals surface area (Å²) in [6, 6.07) is 24.0. The van der Waals surface area contributed by atoms with Crippen molar-refractivity contribution in [2.45, 2.75) is 24.7 Å². The van der Waals surface area contributed by atoms with Gasteiger partial charge in [-0.05, 0) is 34.9 Å². The van der Waals surface area contributed by atoms with Gasteiger partial charge in [-0.25, -0.2) is 0 Å². The third kappa shape index (κ3) is 6.51. The molecule has 0 unspecified atom stereocenters. The minimum Gasteiger partial charge on any atom is -0.486 e. The molecule has 0 bridgehead atoms. The summed E-state index contributed by atoms with van der Waals surface area (Å²) in [7, 11) is 0. The van der Waals surface area contributed by atoms with Crippen LogP contribution in [0.3, 0.4) is 0 Å². The van der Waals surface area contributed by atoms with Crippen molar-refractivity contribution in [2.75, 3.05) is 19.0 Å². The number of carbonyl (C=O) groups excluding carboxylic acids is 1. The third-order valence-corrected chi connectivity index (χ3v) is 5.77. The van der Waals surface area contributed by atoms with Crippen molar-refractivity contribution in [1.29, 1.82) is 0 Å². The van der Waals surface area contributed by atoms with Gasteiger partial charge in [-0.15, -0.1) is 11.8 Å². The first-order chi connectivity index (χ1) is 15.3. The van der Waals surface area contributed by atoms with Gasteiger partial charge in [0.1, 0.15) is 13.2 Å². The molecule has 3 aromatic rings. The van der Waals surface area contributed by atoms with Gasteiger partial charge in [0.15, 0.2) is 11.5 Å². The highest BCUT2D eigenvalue weighted by Crippen LogP contribution is 2.34. The van der Waals surface area contributed by atoms with Gasteiger partial charge in [-0.3, -0.25) is 4.79 Å². The molecule has 0 spiro atoms. The van der Waals surface area contributed by atoms with E-state index in [4.69, 9.17) is 14.2 Å². The summed E-state index contributed by atoms with van der Waals surface area (Å²) in [6.45, 7) is 2.79. The molecule has 31 heavy (non-hydrogen) atoms. The molecule has 1 aliphatic rings. The number of hydrogen-bond donors (Lipinski definition) is 1. The van der Waals surface area contributed by atoms with E-state index in [2.05, 4.69) is 17.4 Å². The van der Waals surface area contributed by atoms with Gasteiger partial charge in [0.25, 0.3) is 0 Å². The number of fused-ring (bicyclic) bond motifs is 1. The third-order valence-electron chi connectivity index (χ3n) is 4.78. The molecule has 1 amide bonds. The molecule has 160 valence electrons. The fourth-order valence-corrected chi connectivity index (χ4v) is 3.88. The minimum atomic E-state index is -0.00448. The molecule has 1 aliphatic heterocycles. The van der Waals surface area contributed by atoms with Crippen LogP contribution in [0.4, 0.5) is 0 Å². The number of amides is 1. The summed E-state index contributed by atoms with van der Waals surface area (Å²) in [4.78, 5) is 13.2. The summed E-state index contributed by atoms with van der Waals surface area (Å²) in [5, 5.41) is 2.97. The van der Waals surface area contributed by atoms with Crippen LogP contribution in [0.1, 0.15) is 16.7 Å². The van der Waals surface area contributed by atoms with E-state index in [9.17, 15) is 4.79 Å². The molecular formula is C25H25NO4S. The summed E-state index contributed by atoms with van der Waals surface area (Å²) in [5.74, 6) is 1.85. The van der Waals surface area contributed by atoms with Crippen LogP contribution in [0, 0.1) is 0 Å². The van der Waals surface area contributed by atoms with Gasteiger partial charge >= 0.3 is 0 Å². The fraction of sp³-hybridized carbons (Fsp3) is 0.240. The van der Waals surface area contributed by atoms with Crippen LogP contribution in [0.25, 0.3) is 0 Å². The van der Waals surface area contributed by atoms with Crippen molar-refractivity contribution in [3.8, 4) is 11.5 Å². The lowest BCUT2D eigenvalue weighted by Crippen LogP contribution is -2.24. The first-order valence-electron chi connectivity index (χ1n) is 10.2. The van der Waals surface area contributed by atoms with E-state index in [1.165, 1.54) is 11.8 Å². The maximum absolute atomic E-state index is 12.2. The molecule has 0 aromatic heterocycles. The van der Waals surface area contributed by atoms with Crippen LogP contribution < -0.4 is 14.8 Å². The Labute approximate surface area is 186 Å². The molecule has 3 aromatic carbocycles. The zero-order chi connectivity index (χ0) is 21.3. The highest BCUT2D eigenvalue weighted by atomic mass is 32.2. The Morgan fingerprint density at radius 3 is 2.29 bits per heavy atom. The van der Waals surface area contributed by atoms with Crippen LogP contribution >= 0.6 is 11.8 Å². The van der Waals surface area contributed by atoms with E-state index in [-0.39, 0.29) is 5.91 Å². The lowest BCUT2D eigenvalue weighted by Gasteiger charge is -2.18. The number of hydrogen-bond acceptors (Lipinski definition) is 5. The van der Waals surface area contributed by atoms with Crippen molar-refractivity contribution in [3.05, 3.63) is 89.5 Å². The summed E-state index contributed by atoms with van der Waals surface area (Å²) in [6.07, 6.45) is 0. The first kappa shape index (κ1) is 21.3. The molecule has 0 saturated carbocycles. The smallest absolute Gasteiger partial charge is 0.230 e. The van der Waals surface area contributed by atoms with E-state index in [1.807, 2.05) is 60.7 Å². The topological polar surface area (TPSA) is 56.8 Å². The summed E-state index contributed by atoms with van der Waals surface area (Å²) < 4.78 is 16.9. The van der Waals surface area contributed by atoms with Crippen LogP contribution in [-0.2, 0) is 29.3 Å². The quantitative estimate of drug-likeness (QED) is 0.499. The lowest BCUT2D eigenvalue weighted by atomic mass is 10.1. The van der Waals surface area contributed by atoms with Gasteiger partial charge in [0.05, 0.1) is 19.0 Å². The molecule has 0 fully saturated rings. The Morgan fingerprint density at radius 2 is 1.52 bits per heavy atom. The van der Waals surface area contributed by atoms with Gasteiger partial charge in [-0.2, -0.15) is 0 Å². The van der Waals surface area contributed by atoms with Crippen LogP contribution in [0.5, 0.6) is 11.5 Å². The summed E-state index contributed by atoms with van der Waals surface area (Å²) >= 11 is 1.48. The van der Waals surface area contributed by atoms with E-state index >= 15 is 0 Å². The van der Waals surface area contributed by atoms with Crippen molar-refractivity contribution in [2.24, 2.45) is 0 Å². The van der Waals surface area contributed by atoms with E-state index < -0.39 is 0 Å². The summed E-state index contributed by atoms with van der Waals surface area (Å²) in [5.41, 5.74) is 3.33. The average molecular weight is 436 g/mol. The number of benzene rings is 3. The zero-order valence-electron chi connectivity index (χ0n) is 17.2. The number of thioether (sulfide) groups is 1. The minimum absolute atomic E-state index is 0.00448. The molecule has 5 nitrogen and oxygen atoms in total. The van der Waals surface area contributed by atoms with E-state index in [0.29, 0.717) is 38.7 Å². The zero-order valence-corrected chi connectivity index (χ0v) is 18.0. The van der Waals surface area contributed by atoms with Gasteiger partial charge in [0, 0.05) is 11.4 Å². The van der Waals surface area contributed by atoms with Crippen LogP contribution in [-0.4, -0.2) is 24.9 Å². The second-order valence-corrected chi connectivity index (χ2v) is 8.21. The van der Waals surface area contributed by atoms with Crippen molar-refractivity contribution >= 4 is 17.7 Å². The van der Waals surface area contributed by atoms with Gasteiger partial charge < -0.3 is 19.5 Å². The maximum Gasteiger partial charge on any atom is 0.230 e. The monoisotopic (exact) mass is 435 g/mol. The van der Waals surface area contributed by atoms with Crippen LogP contribution in [0.15, 0.2) is 77.7 Å². The molecule has 6 heteroatoms. The Balaban J connectivity index is 1.17. The lowest BCUT2D eigenvalue weighted by molar-refractivity contribution is -0.118. The predicted octanol–water partition coefficient (Wildman–Crippen LogP) is 4.58. The molecule has 0 radical (unpaired) electrons. The molecule has 1 N–H and O–H groups in total. The number of ether oxygens (including phenoxy) is 3. The maximum atomic E-state index is 12.2. The van der Waals surface area contributed by atoms with Crippen LogP contribution in [0.2, 0.25) is 0 Å². The Kier molecular flexibility index (Phi) is 7.47. The number of carbonyl (C=O) groups is 1. The second-order valence-electron chi connectivity index (χ2n) is 7.17.